The molecule has 0 saturated carbocycles. The predicted octanol–water partition coefficient (Wildman–Crippen LogP) is 9.42. The summed E-state index contributed by atoms with van der Waals surface area (Å²) in [5, 5.41) is 1.24. The number of alkyl halides is 2. The summed E-state index contributed by atoms with van der Waals surface area (Å²) in [6.45, 7) is -0.887. The summed E-state index contributed by atoms with van der Waals surface area (Å²) in [5.41, 5.74) is 4.20. The van der Waals surface area contributed by atoms with E-state index < -0.39 is 24.0 Å². The third kappa shape index (κ3) is 8.10. The number of unbranched alkanes of at least 4 members (excludes halogenated alkanes) is 4. The van der Waals surface area contributed by atoms with Gasteiger partial charge in [-0.05, 0) is 72.0 Å². The molecule has 0 radical (unpaired) electrons. The molecule has 0 aromatic heterocycles. The van der Waals surface area contributed by atoms with Gasteiger partial charge in [-0.2, -0.15) is 8.78 Å². The Kier molecular flexibility index (Phi) is 10.0. The van der Waals surface area contributed by atoms with Crippen LogP contribution in [0.3, 0.4) is 0 Å². The lowest BCUT2D eigenvalue weighted by Gasteiger charge is -2.07. The van der Waals surface area contributed by atoms with Crippen molar-refractivity contribution in [2.75, 3.05) is 0 Å². The van der Waals surface area contributed by atoms with E-state index in [4.69, 9.17) is 0 Å². The summed E-state index contributed by atoms with van der Waals surface area (Å²) < 4.78 is 57.8. The van der Waals surface area contributed by atoms with Crippen LogP contribution in [0.15, 0.2) is 72.8 Å². The Morgan fingerprint density at radius 1 is 0.692 bits per heavy atom. The van der Waals surface area contributed by atoms with Gasteiger partial charge in [-0.15, -0.1) is 0 Å². The summed E-state index contributed by atoms with van der Waals surface area (Å²) in [6.07, 6.45) is 9.33. The van der Waals surface area contributed by atoms with Gasteiger partial charge >= 0.3 is 6.61 Å². The molecule has 39 heavy (non-hydrogen) atoms. The van der Waals surface area contributed by atoms with Gasteiger partial charge in [0.1, 0.15) is 5.82 Å². The van der Waals surface area contributed by atoms with E-state index in [1.54, 1.807) is 12.1 Å². The Balaban J connectivity index is 1.38. The smallest absolute Gasteiger partial charge is 0.387 e. The van der Waals surface area contributed by atoms with Gasteiger partial charge < -0.3 is 4.74 Å². The fourth-order valence-electron chi connectivity index (χ4n) is 4.60. The number of ether oxygens (including phenoxy) is 1. The van der Waals surface area contributed by atoms with Crippen molar-refractivity contribution in [3.05, 3.63) is 112 Å². The van der Waals surface area contributed by atoms with Crippen LogP contribution in [0.25, 0.3) is 10.8 Å². The molecule has 0 saturated heterocycles. The van der Waals surface area contributed by atoms with Crippen molar-refractivity contribution in [3.8, 4) is 17.6 Å². The van der Waals surface area contributed by atoms with Crippen LogP contribution in [0.1, 0.15) is 66.8 Å². The Morgan fingerprint density at radius 3 is 2.10 bits per heavy atom. The highest BCUT2D eigenvalue weighted by Gasteiger charge is 2.10. The van der Waals surface area contributed by atoms with Crippen molar-refractivity contribution < 1.29 is 22.3 Å². The second kappa shape index (κ2) is 13.8. The number of halogens is 4. The highest BCUT2D eigenvalue weighted by molar-refractivity contribution is 5.85. The first-order valence-corrected chi connectivity index (χ1v) is 13.5. The lowest BCUT2D eigenvalue weighted by molar-refractivity contribution is -0.0521. The minimum Gasteiger partial charge on any atom is -0.432 e. The fraction of sp³-hybridized carbons (Fsp3) is 0.294. The molecule has 0 spiro atoms. The van der Waals surface area contributed by atoms with E-state index in [0.717, 1.165) is 42.3 Å². The summed E-state index contributed by atoms with van der Waals surface area (Å²) in [4.78, 5) is 0. The van der Waals surface area contributed by atoms with E-state index >= 15 is 4.39 Å². The van der Waals surface area contributed by atoms with Crippen molar-refractivity contribution in [3.63, 3.8) is 0 Å². The number of aryl methyl sites for hydroxylation is 3. The molecule has 0 unspecified atom stereocenters. The van der Waals surface area contributed by atoms with E-state index in [1.807, 2.05) is 18.2 Å². The quantitative estimate of drug-likeness (QED) is 0.106. The summed E-state index contributed by atoms with van der Waals surface area (Å²) in [7, 11) is 0. The second-order valence-corrected chi connectivity index (χ2v) is 9.74. The highest BCUT2D eigenvalue weighted by Crippen LogP contribution is 2.24. The second-order valence-electron chi connectivity index (χ2n) is 9.74. The zero-order valence-electron chi connectivity index (χ0n) is 22.1. The van der Waals surface area contributed by atoms with Crippen LogP contribution in [-0.2, 0) is 19.3 Å². The first-order valence-electron chi connectivity index (χ1n) is 13.5. The fourth-order valence-corrected chi connectivity index (χ4v) is 4.60. The van der Waals surface area contributed by atoms with Crippen molar-refractivity contribution in [2.45, 2.75) is 64.9 Å². The molecule has 4 rings (SSSR count). The SMILES string of the molecule is CCCCCCCc1ccc(CCc2ccc3c(F)c(C#Cc4ccc(OC(F)F)c(F)c4)ccc3c2)cc1. The maximum absolute atomic E-state index is 15.1. The van der Waals surface area contributed by atoms with Gasteiger partial charge in [-0.3, -0.25) is 0 Å². The van der Waals surface area contributed by atoms with Crippen molar-refractivity contribution >= 4 is 10.8 Å². The number of hydrogen-bond acceptors (Lipinski definition) is 1. The van der Waals surface area contributed by atoms with Gasteiger partial charge in [0.25, 0.3) is 0 Å². The highest BCUT2D eigenvalue weighted by atomic mass is 19.3. The molecule has 1 nitrogen and oxygen atoms in total. The van der Waals surface area contributed by atoms with E-state index in [9.17, 15) is 13.2 Å². The third-order valence-corrected chi connectivity index (χ3v) is 6.80. The van der Waals surface area contributed by atoms with E-state index in [1.165, 1.54) is 49.3 Å². The molecule has 5 heteroatoms. The first-order chi connectivity index (χ1) is 18.9. The third-order valence-electron chi connectivity index (χ3n) is 6.80. The maximum atomic E-state index is 15.1. The largest absolute Gasteiger partial charge is 0.432 e. The molecule has 0 heterocycles. The first kappa shape index (κ1) is 28.2. The van der Waals surface area contributed by atoms with Crippen LogP contribution in [0.2, 0.25) is 0 Å². The molecule has 4 aromatic carbocycles. The Labute approximate surface area is 227 Å². The van der Waals surface area contributed by atoms with Crippen molar-refractivity contribution in [1.82, 2.24) is 0 Å². The van der Waals surface area contributed by atoms with E-state index in [2.05, 4.69) is 47.8 Å². The lowest BCUT2D eigenvalue weighted by Crippen LogP contribution is -2.03. The zero-order chi connectivity index (χ0) is 27.6. The normalized spacial score (nSPS) is 11.0. The summed E-state index contributed by atoms with van der Waals surface area (Å²) in [6, 6.07) is 21.4. The Hall–Kier alpha value is -3.78. The molecule has 202 valence electrons. The van der Waals surface area contributed by atoms with Gasteiger partial charge in [-0.25, -0.2) is 8.78 Å². The van der Waals surface area contributed by atoms with Crippen LogP contribution < -0.4 is 4.74 Å². The molecule has 0 amide bonds. The molecule has 0 bridgehead atoms. The van der Waals surface area contributed by atoms with Crippen molar-refractivity contribution in [2.24, 2.45) is 0 Å². The minimum absolute atomic E-state index is 0.175. The minimum atomic E-state index is -3.12. The lowest BCUT2D eigenvalue weighted by atomic mass is 9.98. The predicted molar refractivity (Wildman–Crippen MR) is 149 cm³/mol. The molecule has 0 aliphatic rings. The molecule has 0 aliphatic carbocycles. The molecule has 0 fully saturated rings. The van der Waals surface area contributed by atoms with E-state index in [-0.39, 0.29) is 11.1 Å². The summed E-state index contributed by atoms with van der Waals surface area (Å²) >= 11 is 0. The zero-order valence-corrected chi connectivity index (χ0v) is 22.1. The van der Waals surface area contributed by atoms with Gasteiger partial charge in [-0.1, -0.05) is 93.0 Å². The van der Waals surface area contributed by atoms with Crippen LogP contribution in [0, 0.1) is 23.5 Å². The molecular formula is C34H32F4O. The Bertz CT molecular complexity index is 1450. The van der Waals surface area contributed by atoms with Gasteiger partial charge in [0.05, 0.1) is 5.56 Å². The number of hydrogen-bond donors (Lipinski definition) is 0. The van der Waals surface area contributed by atoms with E-state index in [0.29, 0.717) is 5.39 Å². The van der Waals surface area contributed by atoms with Gasteiger partial charge in [0, 0.05) is 10.9 Å². The average molecular weight is 533 g/mol. The van der Waals surface area contributed by atoms with Crippen LogP contribution in [-0.4, -0.2) is 6.61 Å². The van der Waals surface area contributed by atoms with Gasteiger partial charge in [0.15, 0.2) is 11.6 Å². The topological polar surface area (TPSA) is 9.23 Å². The summed E-state index contributed by atoms with van der Waals surface area (Å²) in [5.74, 6) is 3.44. The molecular weight excluding hydrogens is 500 g/mol. The van der Waals surface area contributed by atoms with Crippen molar-refractivity contribution in [1.29, 1.82) is 0 Å². The molecule has 4 aromatic rings. The van der Waals surface area contributed by atoms with Gasteiger partial charge in [0.2, 0.25) is 0 Å². The number of fused-ring (bicyclic) bond motifs is 1. The number of benzene rings is 4. The average Bonchev–Trinajstić information content (AvgIpc) is 2.93. The standard InChI is InChI=1S/C34H32F4O/c1-2-3-4-5-6-7-24-8-10-25(11-9-24)12-13-26-15-20-30-29(22-26)19-18-28(33(30)36)17-14-27-16-21-32(31(35)23-27)39-34(37)38/h8-11,15-16,18-23,34H,2-7,12-13H2,1H3. The number of rotatable bonds is 11. The molecule has 0 N–H and O–H groups in total. The monoisotopic (exact) mass is 532 g/mol. The van der Waals surface area contributed by atoms with Crippen LogP contribution in [0.5, 0.6) is 5.75 Å². The maximum Gasteiger partial charge on any atom is 0.387 e. The van der Waals surface area contributed by atoms with Crippen LogP contribution >= 0.6 is 0 Å². The Morgan fingerprint density at radius 2 is 1.38 bits per heavy atom. The molecule has 0 atom stereocenters. The van der Waals surface area contributed by atoms with Crippen LogP contribution in [0.4, 0.5) is 17.6 Å². The molecule has 0 aliphatic heterocycles.